The van der Waals surface area contributed by atoms with Gasteiger partial charge in [-0.25, -0.2) is 0 Å². The summed E-state index contributed by atoms with van der Waals surface area (Å²) in [5.74, 6) is 0.738. The summed E-state index contributed by atoms with van der Waals surface area (Å²) >= 11 is 1.56. The van der Waals surface area contributed by atoms with Crippen LogP contribution >= 0.6 is 11.8 Å². The molecule has 0 spiro atoms. The molecule has 3 rings (SSSR count). The molecule has 138 valence electrons. The Morgan fingerprint density at radius 1 is 1.12 bits per heavy atom. The van der Waals surface area contributed by atoms with Crippen molar-refractivity contribution in [3.05, 3.63) is 42.5 Å². The number of carbonyl (C=O) groups is 2. The van der Waals surface area contributed by atoms with Crippen molar-refractivity contribution in [2.24, 2.45) is 5.92 Å². The molecule has 1 fully saturated rings. The van der Waals surface area contributed by atoms with E-state index in [1.165, 1.54) is 10.8 Å². The van der Waals surface area contributed by atoms with Crippen molar-refractivity contribution in [2.45, 2.75) is 37.6 Å². The van der Waals surface area contributed by atoms with Crippen molar-refractivity contribution in [1.29, 1.82) is 0 Å². The summed E-state index contributed by atoms with van der Waals surface area (Å²) in [6, 6.07) is 14.7. The first-order valence-electron chi connectivity index (χ1n) is 9.22. The Labute approximate surface area is 159 Å². The quantitative estimate of drug-likeness (QED) is 0.817. The minimum Gasteiger partial charge on any atom is -0.353 e. The van der Waals surface area contributed by atoms with E-state index in [0.29, 0.717) is 5.75 Å². The second-order valence-electron chi connectivity index (χ2n) is 7.12. The zero-order chi connectivity index (χ0) is 18.5. The number of fused-ring (bicyclic) bond motifs is 1. The average Bonchev–Trinajstić information content (AvgIpc) is 2.66. The molecule has 1 heterocycles. The Hall–Kier alpha value is -2.01. The van der Waals surface area contributed by atoms with Crippen molar-refractivity contribution in [3.63, 3.8) is 0 Å². The second kappa shape index (κ2) is 8.58. The highest BCUT2D eigenvalue weighted by Crippen LogP contribution is 2.23. The van der Waals surface area contributed by atoms with Crippen molar-refractivity contribution in [2.75, 3.05) is 18.8 Å². The molecule has 0 bridgehead atoms. The maximum atomic E-state index is 12.3. The molecule has 1 N–H and O–H groups in total. The summed E-state index contributed by atoms with van der Waals surface area (Å²) in [5.41, 5.74) is 0. The third-order valence-electron chi connectivity index (χ3n) is 4.76. The van der Waals surface area contributed by atoms with Gasteiger partial charge in [0.1, 0.15) is 0 Å². The first-order valence-corrected chi connectivity index (χ1v) is 10.2. The molecule has 0 aromatic heterocycles. The molecule has 1 aliphatic rings. The van der Waals surface area contributed by atoms with E-state index >= 15 is 0 Å². The van der Waals surface area contributed by atoms with Crippen LogP contribution in [-0.4, -0.2) is 41.6 Å². The summed E-state index contributed by atoms with van der Waals surface area (Å²) in [5, 5.41) is 5.52. The van der Waals surface area contributed by atoms with Crippen molar-refractivity contribution in [1.82, 2.24) is 10.2 Å². The highest BCUT2D eigenvalue weighted by atomic mass is 32.2. The summed E-state index contributed by atoms with van der Waals surface area (Å²) in [4.78, 5) is 27.3. The Bertz CT molecular complexity index is 782. The van der Waals surface area contributed by atoms with E-state index in [-0.39, 0.29) is 23.8 Å². The summed E-state index contributed by atoms with van der Waals surface area (Å²) in [6.45, 7) is 5.33. The molecule has 4 nitrogen and oxygen atoms in total. The number of hydrogen-bond donors (Lipinski definition) is 1. The molecule has 1 saturated heterocycles. The standard InChI is InChI=1S/C21H26N2O2S/c1-15(2)21(25)23-11-9-18(10-12-23)22-20(24)14-26-19-8-7-16-5-3-4-6-17(16)13-19/h3-8,13,15,18H,9-12,14H2,1-2H3,(H,22,24). The Kier molecular flexibility index (Phi) is 6.20. The zero-order valence-electron chi connectivity index (χ0n) is 15.4. The number of rotatable bonds is 5. The molecule has 26 heavy (non-hydrogen) atoms. The third kappa shape index (κ3) is 4.79. The zero-order valence-corrected chi connectivity index (χ0v) is 16.2. The lowest BCUT2D eigenvalue weighted by Crippen LogP contribution is -2.47. The number of amides is 2. The molecule has 2 aromatic rings. The molecule has 5 heteroatoms. The topological polar surface area (TPSA) is 49.4 Å². The number of benzene rings is 2. The van der Waals surface area contributed by atoms with Gasteiger partial charge < -0.3 is 10.2 Å². The molecular weight excluding hydrogens is 344 g/mol. The molecule has 0 unspecified atom stereocenters. The van der Waals surface area contributed by atoms with Gasteiger partial charge in [-0.1, -0.05) is 44.2 Å². The van der Waals surface area contributed by atoms with E-state index < -0.39 is 0 Å². The van der Waals surface area contributed by atoms with Crippen LogP contribution in [0, 0.1) is 5.92 Å². The number of carbonyl (C=O) groups excluding carboxylic acids is 2. The lowest BCUT2D eigenvalue weighted by molar-refractivity contribution is -0.135. The van der Waals surface area contributed by atoms with Crippen molar-refractivity contribution >= 4 is 34.3 Å². The van der Waals surface area contributed by atoms with E-state index in [1.54, 1.807) is 11.8 Å². The molecule has 1 aliphatic heterocycles. The molecule has 2 amide bonds. The van der Waals surface area contributed by atoms with Crippen LogP contribution in [0.3, 0.4) is 0 Å². The van der Waals surface area contributed by atoms with E-state index in [2.05, 4.69) is 35.6 Å². The molecule has 0 saturated carbocycles. The van der Waals surface area contributed by atoms with Crippen LogP contribution in [0.5, 0.6) is 0 Å². The Balaban J connectivity index is 1.45. The number of nitrogens with zero attached hydrogens (tertiary/aromatic N) is 1. The highest BCUT2D eigenvalue weighted by Gasteiger charge is 2.24. The van der Waals surface area contributed by atoms with Crippen molar-refractivity contribution < 1.29 is 9.59 Å². The fraction of sp³-hybridized carbons (Fsp3) is 0.429. The number of piperidine rings is 1. The fourth-order valence-electron chi connectivity index (χ4n) is 3.28. The van der Waals surface area contributed by atoms with Gasteiger partial charge in [0.2, 0.25) is 11.8 Å². The fourth-order valence-corrected chi connectivity index (χ4v) is 4.04. The van der Waals surface area contributed by atoms with Crippen LogP contribution in [0.1, 0.15) is 26.7 Å². The largest absolute Gasteiger partial charge is 0.353 e. The van der Waals surface area contributed by atoms with Gasteiger partial charge in [-0.2, -0.15) is 0 Å². The summed E-state index contributed by atoms with van der Waals surface area (Å²) < 4.78 is 0. The maximum Gasteiger partial charge on any atom is 0.230 e. The lowest BCUT2D eigenvalue weighted by Gasteiger charge is -2.33. The monoisotopic (exact) mass is 370 g/mol. The van der Waals surface area contributed by atoms with E-state index in [0.717, 1.165) is 30.8 Å². The van der Waals surface area contributed by atoms with Gasteiger partial charge in [-0.15, -0.1) is 11.8 Å². The van der Waals surface area contributed by atoms with Gasteiger partial charge in [-0.3, -0.25) is 9.59 Å². The lowest BCUT2D eigenvalue weighted by atomic mass is 10.0. The van der Waals surface area contributed by atoms with Gasteiger partial charge in [-0.05, 0) is 35.7 Å². The van der Waals surface area contributed by atoms with E-state index in [1.807, 2.05) is 30.9 Å². The van der Waals surface area contributed by atoms with Crippen LogP contribution in [0.4, 0.5) is 0 Å². The molecule has 0 radical (unpaired) electrons. The molecule has 0 atom stereocenters. The first-order chi connectivity index (χ1) is 12.5. The number of likely N-dealkylation sites (tertiary alicyclic amines) is 1. The maximum absolute atomic E-state index is 12.3. The average molecular weight is 371 g/mol. The van der Waals surface area contributed by atoms with Gasteiger partial charge in [0.25, 0.3) is 0 Å². The normalized spacial score (nSPS) is 15.4. The third-order valence-corrected chi connectivity index (χ3v) is 5.75. The molecule has 0 aliphatic carbocycles. The Morgan fingerprint density at radius 2 is 1.81 bits per heavy atom. The summed E-state index contributed by atoms with van der Waals surface area (Å²) in [7, 11) is 0. The van der Waals surface area contributed by atoms with Crippen LogP contribution in [0.15, 0.2) is 47.4 Å². The molecular formula is C21H26N2O2S. The van der Waals surface area contributed by atoms with Gasteiger partial charge in [0.15, 0.2) is 0 Å². The predicted molar refractivity (Wildman–Crippen MR) is 107 cm³/mol. The SMILES string of the molecule is CC(C)C(=O)N1CCC(NC(=O)CSc2ccc3ccccc3c2)CC1. The first kappa shape index (κ1) is 18.8. The highest BCUT2D eigenvalue weighted by molar-refractivity contribution is 8.00. The predicted octanol–water partition coefficient (Wildman–Crippen LogP) is 3.70. The van der Waals surface area contributed by atoms with Gasteiger partial charge in [0.05, 0.1) is 5.75 Å². The number of hydrogen-bond acceptors (Lipinski definition) is 3. The summed E-state index contributed by atoms with van der Waals surface area (Å²) in [6.07, 6.45) is 1.68. The smallest absolute Gasteiger partial charge is 0.230 e. The molecule has 2 aromatic carbocycles. The van der Waals surface area contributed by atoms with Crippen LogP contribution in [-0.2, 0) is 9.59 Å². The Morgan fingerprint density at radius 3 is 2.50 bits per heavy atom. The van der Waals surface area contributed by atoms with Crippen LogP contribution < -0.4 is 5.32 Å². The van der Waals surface area contributed by atoms with E-state index in [4.69, 9.17) is 0 Å². The number of nitrogens with one attached hydrogen (secondary N) is 1. The minimum atomic E-state index is 0.0412. The van der Waals surface area contributed by atoms with Gasteiger partial charge in [0, 0.05) is 29.9 Å². The minimum absolute atomic E-state index is 0.0412. The van der Waals surface area contributed by atoms with Crippen LogP contribution in [0.2, 0.25) is 0 Å². The van der Waals surface area contributed by atoms with Crippen molar-refractivity contribution in [3.8, 4) is 0 Å². The second-order valence-corrected chi connectivity index (χ2v) is 8.17. The van der Waals surface area contributed by atoms with Gasteiger partial charge >= 0.3 is 0 Å². The van der Waals surface area contributed by atoms with Crippen LogP contribution in [0.25, 0.3) is 10.8 Å². The van der Waals surface area contributed by atoms with E-state index in [9.17, 15) is 9.59 Å². The number of thioether (sulfide) groups is 1.